The second-order valence-electron chi connectivity index (χ2n) is 5.83. The van der Waals surface area contributed by atoms with Crippen molar-refractivity contribution in [3.8, 4) is 0 Å². The molecule has 0 bridgehead atoms. The van der Waals surface area contributed by atoms with Gasteiger partial charge in [0.15, 0.2) is 0 Å². The Hall–Kier alpha value is -1.73. The first-order valence-corrected chi connectivity index (χ1v) is 9.60. The molecular weight excluding hydrogens is 312 g/mol. The molecule has 0 saturated carbocycles. The maximum atomic E-state index is 12.1. The normalized spacial score (nSPS) is 19.8. The summed E-state index contributed by atoms with van der Waals surface area (Å²) in [6.45, 7) is 3.50. The van der Waals surface area contributed by atoms with E-state index < -0.39 is 10.0 Å². The van der Waals surface area contributed by atoms with Crippen LogP contribution >= 0.6 is 0 Å². The van der Waals surface area contributed by atoms with Crippen molar-refractivity contribution in [3.63, 3.8) is 0 Å². The molecule has 0 aliphatic carbocycles. The van der Waals surface area contributed by atoms with Gasteiger partial charge in [0, 0.05) is 37.6 Å². The summed E-state index contributed by atoms with van der Waals surface area (Å²) in [5, 5.41) is 0. The van der Waals surface area contributed by atoms with Crippen molar-refractivity contribution in [1.29, 1.82) is 0 Å². The predicted octanol–water partition coefficient (Wildman–Crippen LogP) is 1.86. The van der Waals surface area contributed by atoms with Crippen LogP contribution in [0, 0.1) is 0 Å². The number of aromatic nitrogens is 3. The monoisotopic (exact) mass is 334 g/mol. The molecule has 3 rings (SSSR count). The molecule has 6 nitrogen and oxygen atoms in total. The van der Waals surface area contributed by atoms with Gasteiger partial charge in [0.05, 0.1) is 18.0 Å². The summed E-state index contributed by atoms with van der Waals surface area (Å²) in [7, 11) is -3.13. The maximum absolute atomic E-state index is 12.1. The Morgan fingerprint density at radius 3 is 2.87 bits per heavy atom. The fourth-order valence-corrected chi connectivity index (χ4v) is 4.25. The van der Waals surface area contributed by atoms with Crippen LogP contribution in [0.4, 0.5) is 0 Å². The predicted molar refractivity (Wildman–Crippen MR) is 88.6 cm³/mol. The van der Waals surface area contributed by atoms with Gasteiger partial charge in [0.1, 0.15) is 5.82 Å². The van der Waals surface area contributed by atoms with Crippen molar-refractivity contribution in [2.24, 2.45) is 0 Å². The molecule has 1 aliphatic heterocycles. The van der Waals surface area contributed by atoms with E-state index in [-0.39, 0.29) is 11.7 Å². The summed E-state index contributed by atoms with van der Waals surface area (Å²) in [4.78, 5) is 8.84. The average molecular weight is 334 g/mol. The number of rotatable bonds is 5. The summed E-state index contributed by atoms with van der Waals surface area (Å²) < 4.78 is 28.0. The Morgan fingerprint density at radius 2 is 2.13 bits per heavy atom. The molecule has 0 aromatic carbocycles. The minimum atomic E-state index is -3.13. The molecule has 2 aromatic rings. The molecule has 0 unspecified atom stereocenters. The summed E-state index contributed by atoms with van der Waals surface area (Å²) in [6, 6.07) is 5.85. The SMILES string of the molecule is CCS(=O)(=O)N1CCC[C@H](c2nccn2Cc2ccccn2)C1. The molecular formula is C16H22N4O2S. The molecule has 2 aromatic heterocycles. The third kappa shape index (κ3) is 3.61. The van der Waals surface area contributed by atoms with Crippen LogP contribution in [0.25, 0.3) is 0 Å². The summed E-state index contributed by atoms with van der Waals surface area (Å²) >= 11 is 0. The third-order valence-corrected chi connectivity index (χ3v) is 6.16. The molecule has 23 heavy (non-hydrogen) atoms. The lowest BCUT2D eigenvalue weighted by Gasteiger charge is -2.31. The highest BCUT2D eigenvalue weighted by Gasteiger charge is 2.30. The maximum Gasteiger partial charge on any atom is 0.213 e. The van der Waals surface area contributed by atoms with E-state index in [1.807, 2.05) is 24.4 Å². The summed E-state index contributed by atoms with van der Waals surface area (Å²) in [5.74, 6) is 1.25. The lowest BCUT2D eigenvalue weighted by atomic mass is 9.99. The van der Waals surface area contributed by atoms with E-state index in [4.69, 9.17) is 0 Å². The number of piperidine rings is 1. The second kappa shape index (κ2) is 6.80. The molecule has 0 N–H and O–H groups in total. The first kappa shape index (κ1) is 16.1. The Kier molecular flexibility index (Phi) is 4.77. The van der Waals surface area contributed by atoms with E-state index in [0.717, 1.165) is 24.4 Å². The van der Waals surface area contributed by atoms with Crippen molar-refractivity contribution in [2.75, 3.05) is 18.8 Å². The fourth-order valence-electron chi connectivity index (χ4n) is 3.07. The van der Waals surface area contributed by atoms with Crippen molar-refractivity contribution in [2.45, 2.75) is 32.2 Å². The Morgan fingerprint density at radius 1 is 1.26 bits per heavy atom. The lowest BCUT2D eigenvalue weighted by Crippen LogP contribution is -2.40. The highest BCUT2D eigenvalue weighted by Crippen LogP contribution is 2.27. The van der Waals surface area contributed by atoms with Crippen molar-refractivity contribution in [3.05, 3.63) is 48.3 Å². The van der Waals surface area contributed by atoms with E-state index >= 15 is 0 Å². The first-order chi connectivity index (χ1) is 11.1. The van der Waals surface area contributed by atoms with Gasteiger partial charge < -0.3 is 4.57 Å². The molecule has 0 amide bonds. The summed E-state index contributed by atoms with van der Waals surface area (Å²) in [5.41, 5.74) is 0.973. The van der Waals surface area contributed by atoms with E-state index in [0.29, 0.717) is 19.6 Å². The molecule has 1 aliphatic rings. The molecule has 3 heterocycles. The van der Waals surface area contributed by atoms with Crippen molar-refractivity contribution >= 4 is 10.0 Å². The molecule has 0 spiro atoms. The number of sulfonamides is 1. The van der Waals surface area contributed by atoms with Gasteiger partial charge in [-0.25, -0.2) is 17.7 Å². The standard InChI is InChI=1S/C16H22N4O2S/c1-2-23(21,22)20-10-5-6-14(12-20)16-18-9-11-19(16)13-15-7-3-4-8-17-15/h3-4,7-9,11,14H,2,5-6,10,12-13H2,1H3/t14-/m0/s1. The highest BCUT2D eigenvalue weighted by atomic mass is 32.2. The quantitative estimate of drug-likeness (QED) is 0.837. The number of imidazole rings is 1. The van der Waals surface area contributed by atoms with Gasteiger partial charge in [-0.05, 0) is 31.9 Å². The van der Waals surface area contributed by atoms with Crippen LogP contribution in [0.1, 0.15) is 37.2 Å². The van der Waals surface area contributed by atoms with E-state index in [1.54, 1.807) is 23.6 Å². The smallest absolute Gasteiger partial charge is 0.213 e. The van der Waals surface area contributed by atoms with Crippen molar-refractivity contribution in [1.82, 2.24) is 18.8 Å². The van der Waals surface area contributed by atoms with Crippen LogP contribution in [0.15, 0.2) is 36.8 Å². The van der Waals surface area contributed by atoms with E-state index in [9.17, 15) is 8.42 Å². The van der Waals surface area contributed by atoms with Crippen LogP contribution in [0.2, 0.25) is 0 Å². The largest absolute Gasteiger partial charge is 0.329 e. The van der Waals surface area contributed by atoms with Crippen molar-refractivity contribution < 1.29 is 8.42 Å². The minimum Gasteiger partial charge on any atom is -0.329 e. The number of pyridine rings is 1. The topological polar surface area (TPSA) is 68.1 Å². The van der Waals surface area contributed by atoms with Gasteiger partial charge in [-0.3, -0.25) is 4.98 Å². The van der Waals surface area contributed by atoms with Gasteiger partial charge in [-0.2, -0.15) is 0 Å². The zero-order valence-electron chi connectivity index (χ0n) is 13.3. The average Bonchev–Trinajstić information content (AvgIpc) is 3.04. The van der Waals surface area contributed by atoms with Gasteiger partial charge >= 0.3 is 0 Å². The van der Waals surface area contributed by atoms with Crippen LogP contribution in [-0.2, 0) is 16.6 Å². The zero-order chi connectivity index (χ0) is 16.3. The van der Waals surface area contributed by atoms with Gasteiger partial charge in [0.25, 0.3) is 0 Å². The molecule has 1 saturated heterocycles. The van der Waals surface area contributed by atoms with Crippen LogP contribution in [-0.4, -0.2) is 46.1 Å². The first-order valence-electron chi connectivity index (χ1n) is 7.99. The Labute approximate surface area is 137 Å². The highest BCUT2D eigenvalue weighted by molar-refractivity contribution is 7.89. The summed E-state index contributed by atoms with van der Waals surface area (Å²) in [6.07, 6.45) is 7.35. The molecule has 1 fully saturated rings. The molecule has 0 radical (unpaired) electrons. The Balaban J connectivity index is 1.78. The number of hydrogen-bond donors (Lipinski definition) is 0. The van der Waals surface area contributed by atoms with Gasteiger partial charge in [-0.15, -0.1) is 0 Å². The Bertz CT molecular complexity index is 742. The number of hydrogen-bond acceptors (Lipinski definition) is 4. The van der Waals surface area contributed by atoms with Gasteiger partial charge in [-0.1, -0.05) is 6.07 Å². The second-order valence-corrected chi connectivity index (χ2v) is 8.09. The number of nitrogens with zero attached hydrogens (tertiary/aromatic N) is 4. The fraction of sp³-hybridized carbons (Fsp3) is 0.500. The molecule has 1 atom stereocenters. The third-order valence-electron chi connectivity index (χ3n) is 4.31. The van der Waals surface area contributed by atoms with E-state index in [1.165, 1.54) is 0 Å². The van der Waals surface area contributed by atoms with Crippen LogP contribution < -0.4 is 0 Å². The van der Waals surface area contributed by atoms with Crippen LogP contribution in [0.3, 0.4) is 0 Å². The lowest BCUT2D eigenvalue weighted by molar-refractivity contribution is 0.306. The minimum absolute atomic E-state index is 0.142. The molecule has 124 valence electrons. The zero-order valence-corrected chi connectivity index (χ0v) is 14.1. The molecule has 7 heteroatoms. The van der Waals surface area contributed by atoms with Gasteiger partial charge in [0.2, 0.25) is 10.0 Å². The van der Waals surface area contributed by atoms with E-state index in [2.05, 4.69) is 14.5 Å². The van der Waals surface area contributed by atoms with Crippen LogP contribution in [0.5, 0.6) is 0 Å².